The lowest BCUT2D eigenvalue weighted by Crippen LogP contribution is -2.27. The third-order valence-electron chi connectivity index (χ3n) is 3.12. The Bertz CT molecular complexity index is 354. The number of nitrogens with zero attached hydrogens (tertiary/aromatic N) is 1. The van der Waals surface area contributed by atoms with Crippen molar-refractivity contribution < 1.29 is 13.2 Å². The van der Waals surface area contributed by atoms with E-state index in [2.05, 4.69) is 4.98 Å². The second kappa shape index (κ2) is 4.05. The van der Waals surface area contributed by atoms with Crippen molar-refractivity contribution in [1.29, 1.82) is 0 Å². The minimum atomic E-state index is -4.38. The summed E-state index contributed by atoms with van der Waals surface area (Å²) in [6.45, 7) is 0. The average Bonchev–Trinajstić information content (AvgIpc) is 2.14. The topological polar surface area (TPSA) is 38.9 Å². The molecule has 16 heavy (non-hydrogen) atoms. The highest BCUT2D eigenvalue weighted by molar-refractivity contribution is 5.20. The van der Waals surface area contributed by atoms with E-state index in [1.54, 1.807) is 0 Å². The normalized spacial score (nSPS) is 19.2. The molecular formula is C11H13F3N2. The monoisotopic (exact) mass is 230 g/mol. The first-order chi connectivity index (χ1) is 7.48. The predicted molar refractivity (Wildman–Crippen MR) is 53.5 cm³/mol. The Morgan fingerprint density at radius 3 is 2.38 bits per heavy atom. The lowest BCUT2D eigenvalue weighted by atomic mass is 9.78. The Morgan fingerprint density at radius 1 is 1.31 bits per heavy atom. The van der Waals surface area contributed by atoms with Crippen LogP contribution < -0.4 is 5.73 Å². The Morgan fingerprint density at radius 2 is 2.00 bits per heavy atom. The summed E-state index contributed by atoms with van der Waals surface area (Å²) in [6, 6.07) is 2.25. The van der Waals surface area contributed by atoms with Gasteiger partial charge < -0.3 is 5.73 Å². The van der Waals surface area contributed by atoms with Crippen LogP contribution in [0.3, 0.4) is 0 Å². The van der Waals surface area contributed by atoms with Crippen molar-refractivity contribution in [3.63, 3.8) is 0 Å². The third-order valence-corrected chi connectivity index (χ3v) is 3.12. The molecule has 2 N–H and O–H groups in total. The fourth-order valence-electron chi connectivity index (χ4n) is 1.84. The van der Waals surface area contributed by atoms with E-state index < -0.39 is 11.9 Å². The SMILES string of the molecule is N[C@@H](c1ccc(C(F)(F)F)nc1)C1CCC1. The minimum Gasteiger partial charge on any atom is -0.324 e. The van der Waals surface area contributed by atoms with Crippen LogP contribution >= 0.6 is 0 Å². The van der Waals surface area contributed by atoms with Crippen molar-refractivity contribution in [2.24, 2.45) is 11.7 Å². The van der Waals surface area contributed by atoms with Gasteiger partial charge in [-0.25, -0.2) is 0 Å². The van der Waals surface area contributed by atoms with Crippen molar-refractivity contribution in [2.75, 3.05) is 0 Å². The van der Waals surface area contributed by atoms with Gasteiger partial charge in [0.05, 0.1) is 0 Å². The molecule has 2 rings (SSSR count). The Balaban J connectivity index is 2.12. The lowest BCUT2D eigenvalue weighted by molar-refractivity contribution is -0.141. The summed E-state index contributed by atoms with van der Waals surface area (Å²) in [6.07, 6.45) is 0.141. The number of halogens is 3. The van der Waals surface area contributed by atoms with Gasteiger partial charge in [0.2, 0.25) is 0 Å². The average molecular weight is 230 g/mol. The number of nitrogens with two attached hydrogens (primary N) is 1. The van der Waals surface area contributed by atoms with Gasteiger partial charge in [-0.05, 0) is 30.4 Å². The Kier molecular flexibility index (Phi) is 2.88. The van der Waals surface area contributed by atoms with Crippen LogP contribution in [0.15, 0.2) is 18.3 Å². The van der Waals surface area contributed by atoms with Crippen LogP contribution in [-0.4, -0.2) is 4.98 Å². The van der Waals surface area contributed by atoms with E-state index >= 15 is 0 Å². The highest BCUT2D eigenvalue weighted by Crippen LogP contribution is 2.36. The number of aromatic nitrogens is 1. The summed E-state index contributed by atoms with van der Waals surface area (Å²) in [5.74, 6) is 0.401. The molecule has 1 aromatic heterocycles. The predicted octanol–water partition coefficient (Wildman–Crippen LogP) is 2.90. The molecule has 1 aromatic rings. The first-order valence-electron chi connectivity index (χ1n) is 5.27. The van der Waals surface area contributed by atoms with Crippen LogP contribution in [0, 0.1) is 5.92 Å². The van der Waals surface area contributed by atoms with E-state index in [1.807, 2.05) is 0 Å². The fourth-order valence-corrected chi connectivity index (χ4v) is 1.84. The zero-order valence-electron chi connectivity index (χ0n) is 8.67. The van der Waals surface area contributed by atoms with Crippen LogP contribution in [0.25, 0.3) is 0 Å². The molecule has 88 valence electrons. The smallest absolute Gasteiger partial charge is 0.324 e. The summed E-state index contributed by atoms with van der Waals surface area (Å²) < 4.78 is 36.8. The molecule has 2 nitrogen and oxygen atoms in total. The van der Waals surface area contributed by atoms with Crippen molar-refractivity contribution in [3.8, 4) is 0 Å². The van der Waals surface area contributed by atoms with Gasteiger partial charge >= 0.3 is 6.18 Å². The minimum absolute atomic E-state index is 0.177. The molecule has 0 aromatic carbocycles. The summed E-state index contributed by atoms with van der Waals surface area (Å²) in [5.41, 5.74) is 5.77. The van der Waals surface area contributed by atoms with Gasteiger partial charge in [0.1, 0.15) is 5.69 Å². The molecular weight excluding hydrogens is 217 g/mol. The van der Waals surface area contributed by atoms with Crippen LogP contribution in [-0.2, 0) is 6.18 Å². The molecule has 0 amide bonds. The number of pyridine rings is 1. The molecule has 5 heteroatoms. The molecule has 1 atom stereocenters. The highest BCUT2D eigenvalue weighted by atomic mass is 19.4. The first-order valence-corrected chi connectivity index (χ1v) is 5.27. The standard InChI is InChI=1S/C11H13F3N2/c12-11(13,14)9-5-4-8(6-16-9)10(15)7-2-1-3-7/h4-7,10H,1-3,15H2/t10-/m1/s1. The maximum absolute atomic E-state index is 12.3. The molecule has 0 saturated heterocycles. The van der Waals surface area contributed by atoms with E-state index in [1.165, 1.54) is 12.3 Å². The first kappa shape index (κ1) is 11.4. The van der Waals surface area contributed by atoms with Crippen molar-refractivity contribution in [3.05, 3.63) is 29.6 Å². The number of hydrogen-bond acceptors (Lipinski definition) is 2. The molecule has 1 saturated carbocycles. The zero-order valence-corrected chi connectivity index (χ0v) is 8.67. The van der Waals surface area contributed by atoms with Gasteiger partial charge in [-0.1, -0.05) is 12.5 Å². The van der Waals surface area contributed by atoms with E-state index in [0.29, 0.717) is 11.5 Å². The van der Waals surface area contributed by atoms with Crippen LogP contribution in [0.4, 0.5) is 13.2 Å². The van der Waals surface area contributed by atoms with Crippen LogP contribution in [0.1, 0.15) is 36.6 Å². The number of rotatable bonds is 2. The van der Waals surface area contributed by atoms with Gasteiger partial charge in [0, 0.05) is 12.2 Å². The second-order valence-electron chi connectivity index (χ2n) is 4.19. The fraction of sp³-hybridized carbons (Fsp3) is 0.545. The van der Waals surface area contributed by atoms with E-state index in [4.69, 9.17) is 5.73 Å². The van der Waals surface area contributed by atoms with E-state index in [9.17, 15) is 13.2 Å². The van der Waals surface area contributed by atoms with Crippen molar-refractivity contribution >= 4 is 0 Å². The Labute approximate surface area is 91.7 Å². The molecule has 1 heterocycles. The third kappa shape index (κ3) is 2.19. The highest BCUT2D eigenvalue weighted by Gasteiger charge is 2.32. The maximum atomic E-state index is 12.3. The quantitative estimate of drug-likeness (QED) is 0.848. The summed E-state index contributed by atoms with van der Waals surface area (Å²) >= 11 is 0. The van der Waals surface area contributed by atoms with Crippen LogP contribution in [0.2, 0.25) is 0 Å². The summed E-state index contributed by atoms with van der Waals surface area (Å²) in [7, 11) is 0. The molecule has 1 aliphatic rings. The zero-order chi connectivity index (χ0) is 11.8. The van der Waals surface area contributed by atoms with Gasteiger partial charge in [-0.2, -0.15) is 13.2 Å². The maximum Gasteiger partial charge on any atom is 0.433 e. The van der Waals surface area contributed by atoms with E-state index in [-0.39, 0.29) is 6.04 Å². The molecule has 1 fully saturated rings. The lowest BCUT2D eigenvalue weighted by Gasteiger charge is -2.31. The Hall–Kier alpha value is -1.10. The molecule has 0 radical (unpaired) electrons. The van der Waals surface area contributed by atoms with Crippen LogP contribution in [0.5, 0.6) is 0 Å². The van der Waals surface area contributed by atoms with Crippen molar-refractivity contribution in [1.82, 2.24) is 4.98 Å². The summed E-state index contributed by atoms with van der Waals surface area (Å²) in [4.78, 5) is 3.41. The van der Waals surface area contributed by atoms with Gasteiger partial charge in [-0.3, -0.25) is 4.98 Å². The molecule has 0 bridgehead atoms. The molecule has 1 aliphatic carbocycles. The van der Waals surface area contributed by atoms with E-state index in [0.717, 1.165) is 25.3 Å². The summed E-state index contributed by atoms with van der Waals surface area (Å²) in [5, 5.41) is 0. The molecule has 0 unspecified atom stereocenters. The largest absolute Gasteiger partial charge is 0.433 e. The second-order valence-corrected chi connectivity index (χ2v) is 4.19. The number of alkyl halides is 3. The van der Waals surface area contributed by atoms with Gasteiger partial charge in [-0.15, -0.1) is 0 Å². The van der Waals surface area contributed by atoms with Gasteiger partial charge in [0.25, 0.3) is 0 Å². The molecule has 0 aliphatic heterocycles. The number of hydrogen-bond donors (Lipinski definition) is 1. The van der Waals surface area contributed by atoms with Crippen molar-refractivity contribution in [2.45, 2.75) is 31.5 Å². The van der Waals surface area contributed by atoms with Gasteiger partial charge in [0.15, 0.2) is 0 Å². The molecule has 0 spiro atoms.